The normalized spacial score (nSPS) is 22.9. The van der Waals surface area contributed by atoms with E-state index in [1.165, 1.54) is 24.6 Å². The van der Waals surface area contributed by atoms with E-state index in [4.69, 9.17) is 0 Å². The summed E-state index contributed by atoms with van der Waals surface area (Å²) in [5.74, 6) is -0.0681. The molecule has 1 N–H and O–H groups in total. The Morgan fingerprint density at radius 3 is 2.48 bits per heavy atom. The van der Waals surface area contributed by atoms with Crippen LogP contribution in [0.5, 0.6) is 0 Å². The molecule has 0 radical (unpaired) electrons. The Hall–Kier alpha value is -1.82. The molecule has 1 aromatic carbocycles. The average Bonchev–Trinajstić information content (AvgIpc) is 2.82. The Kier molecular flexibility index (Phi) is 6.94. The van der Waals surface area contributed by atoms with Crippen molar-refractivity contribution in [1.82, 2.24) is 4.90 Å². The number of amides is 2. The van der Waals surface area contributed by atoms with Crippen LogP contribution >= 0.6 is 11.8 Å². The molecule has 1 saturated carbocycles. The molecule has 1 unspecified atom stereocenters. The zero-order valence-electron chi connectivity index (χ0n) is 16.2. The summed E-state index contributed by atoms with van der Waals surface area (Å²) in [7, 11) is 0. The quantitative estimate of drug-likeness (QED) is 0.763. The SMILES string of the molecule is CCN=C1SC(CC(=O)Nc2ccc(C)cc2)C(=O)N1C1CCCCCC1. The number of aliphatic imine (C=N–C) groups is 1. The van der Waals surface area contributed by atoms with Crippen LogP contribution in [0.4, 0.5) is 5.69 Å². The molecule has 6 heteroatoms. The van der Waals surface area contributed by atoms with Gasteiger partial charge in [-0.3, -0.25) is 19.5 Å². The fraction of sp³-hybridized carbons (Fsp3) is 0.571. The van der Waals surface area contributed by atoms with Crippen LogP contribution in [0.15, 0.2) is 29.3 Å². The number of carbonyl (C=O) groups is 2. The van der Waals surface area contributed by atoms with E-state index >= 15 is 0 Å². The number of aryl methyl sites for hydroxylation is 1. The molecule has 1 aliphatic heterocycles. The van der Waals surface area contributed by atoms with Crippen LogP contribution in [0.2, 0.25) is 0 Å². The second kappa shape index (κ2) is 9.40. The zero-order valence-corrected chi connectivity index (χ0v) is 17.1. The Balaban J connectivity index is 1.66. The van der Waals surface area contributed by atoms with Gasteiger partial charge in [-0.1, -0.05) is 55.1 Å². The molecule has 1 saturated heterocycles. The molecule has 2 amide bonds. The molecule has 2 aliphatic rings. The summed E-state index contributed by atoms with van der Waals surface area (Å²) >= 11 is 1.46. The van der Waals surface area contributed by atoms with Gasteiger partial charge in [0.2, 0.25) is 11.8 Å². The standard InChI is InChI=1S/C21H29N3O2S/c1-3-22-21-24(17-8-6-4-5-7-9-17)20(26)18(27-21)14-19(25)23-16-12-10-15(2)11-13-16/h10-13,17-18H,3-9,14H2,1-2H3,(H,23,25). The summed E-state index contributed by atoms with van der Waals surface area (Å²) in [6.45, 7) is 4.65. The summed E-state index contributed by atoms with van der Waals surface area (Å²) in [6, 6.07) is 7.94. The van der Waals surface area contributed by atoms with Crippen LogP contribution in [0.1, 0.15) is 57.4 Å². The van der Waals surface area contributed by atoms with Gasteiger partial charge in [-0.25, -0.2) is 0 Å². The highest BCUT2D eigenvalue weighted by atomic mass is 32.2. The minimum atomic E-state index is -0.371. The number of hydrogen-bond acceptors (Lipinski definition) is 4. The summed E-state index contributed by atoms with van der Waals surface area (Å²) in [6.07, 6.45) is 7.08. The second-order valence-electron chi connectivity index (χ2n) is 7.34. The fourth-order valence-corrected chi connectivity index (χ4v) is 4.99. The predicted octanol–water partition coefficient (Wildman–Crippen LogP) is 4.37. The number of nitrogens with zero attached hydrogens (tertiary/aromatic N) is 2. The van der Waals surface area contributed by atoms with E-state index < -0.39 is 0 Å². The van der Waals surface area contributed by atoms with Crippen LogP contribution < -0.4 is 5.32 Å². The Morgan fingerprint density at radius 2 is 1.85 bits per heavy atom. The highest BCUT2D eigenvalue weighted by Gasteiger charge is 2.42. The highest BCUT2D eigenvalue weighted by Crippen LogP contribution is 2.35. The number of anilines is 1. The number of rotatable bonds is 5. The van der Waals surface area contributed by atoms with Gasteiger partial charge in [-0.2, -0.15) is 0 Å². The molecule has 1 aromatic rings. The minimum absolute atomic E-state index is 0.0538. The van der Waals surface area contributed by atoms with Crippen molar-refractivity contribution in [1.29, 1.82) is 0 Å². The first-order chi connectivity index (χ1) is 13.1. The number of benzene rings is 1. The van der Waals surface area contributed by atoms with Gasteiger partial charge in [-0.05, 0) is 38.8 Å². The maximum Gasteiger partial charge on any atom is 0.242 e. The van der Waals surface area contributed by atoms with Crippen molar-refractivity contribution >= 4 is 34.4 Å². The lowest BCUT2D eigenvalue weighted by Crippen LogP contribution is -2.41. The summed E-state index contributed by atoms with van der Waals surface area (Å²) in [4.78, 5) is 32.0. The van der Waals surface area contributed by atoms with Crippen LogP contribution in [0.25, 0.3) is 0 Å². The third-order valence-corrected chi connectivity index (χ3v) is 6.35. The molecule has 0 bridgehead atoms. The van der Waals surface area contributed by atoms with Gasteiger partial charge in [0.25, 0.3) is 0 Å². The molecule has 2 fully saturated rings. The first-order valence-electron chi connectivity index (χ1n) is 9.99. The monoisotopic (exact) mass is 387 g/mol. The Labute approximate surface area is 166 Å². The first kappa shape index (κ1) is 19.9. The lowest BCUT2D eigenvalue weighted by atomic mass is 10.1. The number of carbonyl (C=O) groups excluding carboxylic acids is 2. The van der Waals surface area contributed by atoms with E-state index in [1.54, 1.807) is 0 Å². The molecule has 1 heterocycles. The number of thioether (sulfide) groups is 1. The average molecular weight is 388 g/mol. The summed E-state index contributed by atoms with van der Waals surface area (Å²) < 4.78 is 0. The molecule has 27 heavy (non-hydrogen) atoms. The Morgan fingerprint density at radius 1 is 1.19 bits per heavy atom. The van der Waals surface area contributed by atoms with Crippen molar-refractivity contribution in [2.24, 2.45) is 4.99 Å². The predicted molar refractivity (Wildman–Crippen MR) is 112 cm³/mol. The maximum atomic E-state index is 13.1. The minimum Gasteiger partial charge on any atom is -0.326 e. The number of hydrogen-bond donors (Lipinski definition) is 1. The molecule has 0 spiro atoms. The van der Waals surface area contributed by atoms with E-state index in [-0.39, 0.29) is 29.5 Å². The maximum absolute atomic E-state index is 13.1. The van der Waals surface area contributed by atoms with Crippen LogP contribution in [-0.4, -0.2) is 39.7 Å². The lowest BCUT2D eigenvalue weighted by molar-refractivity contribution is -0.129. The molecule has 1 aliphatic carbocycles. The fourth-order valence-electron chi connectivity index (χ4n) is 3.73. The van der Waals surface area contributed by atoms with Crippen molar-refractivity contribution in [2.75, 3.05) is 11.9 Å². The van der Waals surface area contributed by atoms with Crippen molar-refractivity contribution < 1.29 is 9.59 Å². The zero-order chi connectivity index (χ0) is 19.2. The van der Waals surface area contributed by atoms with Crippen LogP contribution in [-0.2, 0) is 9.59 Å². The van der Waals surface area contributed by atoms with Crippen molar-refractivity contribution in [3.8, 4) is 0 Å². The van der Waals surface area contributed by atoms with E-state index in [1.807, 2.05) is 43.0 Å². The molecular formula is C21H29N3O2S. The molecule has 5 nitrogen and oxygen atoms in total. The van der Waals surface area contributed by atoms with E-state index in [9.17, 15) is 9.59 Å². The molecule has 146 valence electrons. The summed E-state index contributed by atoms with van der Waals surface area (Å²) in [5.41, 5.74) is 1.91. The third kappa shape index (κ3) is 5.12. The topological polar surface area (TPSA) is 61.8 Å². The van der Waals surface area contributed by atoms with Gasteiger partial charge < -0.3 is 5.32 Å². The number of nitrogens with one attached hydrogen (secondary N) is 1. The largest absolute Gasteiger partial charge is 0.326 e. The smallest absolute Gasteiger partial charge is 0.242 e. The third-order valence-electron chi connectivity index (χ3n) is 5.16. The lowest BCUT2D eigenvalue weighted by Gasteiger charge is -2.26. The summed E-state index contributed by atoms with van der Waals surface area (Å²) in [5, 5.41) is 3.34. The van der Waals surface area contributed by atoms with E-state index in [0.717, 1.165) is 42.1 Å². The Bertz CT molecular complexity index is 694. The van der Waals surface area contributed by atoms with Crippen LogP contribution in [0.3, 0.4) is 0 Å². The molecule has 3 rings (SSSR count). The van der Waals surface area contributed by atoms with Crippen molar-refractivity contribution in [3.05, 3.63) is 29.8 Å². The second-order valence-corrected chi connectivity index (χ2v) is 8.51. The van der Waals surface area contributed by atoms with Crippen molar-refractivity contribution in [3.63, 3.8) is 0 Å². The van der Waals surface area contributed by atoms with E-state index in [2.05, 4.69) is 10.3 Å². The van der Waals surface area contributed by atoms with Crippen LogP contribution in [0, 0.1) is 6.92 Å². The van der Waals surface area contributed by atoms with Gasteiger partial charge >= 0.3 is 0 Å². The van der Waals surface area contributed by atoms with E-state index in [0.29, 0.717) is 6.54 Å². The van der Waals surface area contributed by atoms with Gasteiger partial charge in [0.05, 0.1) is 0 Å². The molecular weight excluding hydrogens is 358 g/mol. The highest BCUT2D eigenvalue weighted by molar-refractivity contribution is 8.15. The number of amidine groups is 1. The van der Waals surface area contributed by atoms with Gasteiger partial charge in [0.1, 0.15) is 5.25 Å². The first-order valence-corrected chi connectivity index (χ1v) is 10.9. The van der Waals surface area contributed by atoms with Crippen molar-refractivity contribution in [2.45, 2.75) is 70.1 Å². The molecule has 1 atom stereocenters. The van der Waals surface area contributed by atoms with Gasteiger partial charge in [0.15, 0.2) is 5.17 Å². The van der Waals surface area contributed by atoms with Gasteiger partial charge in [-0.15, -0.1) is 0 Å². The van der Waals surface area contributed by atoms with Gasteiger partial charge in [0, 0.05) is 24.7 Å². The molecule has 0 aromatic heterocycles.